The van der Waals surface area contributed by atoms with Gasteiger partial charge in [0.25, 0.3) is 0 Å². The second-order valence-corrected chi connectivity index (χ2v) is 8.00. The van der Waals surface area contributed by atoms with E-state index >= 15 is 0 Å². The van der Waals surface area contributed by atoms with Crippen molar-refractivity contribution >= 4 is 22.7 Å². The fraction of sp³-hybridized carbons (Fsp3) is 0. The summed E-state index contributed by atoms with van der Waals surface area (Å²) in [5.41, 5.74) is 12.2. The summed E-state index contributed by atoms with van der Waals surface area (Å²) in [6.45, 7) is 0. The van der Waals surface area contributed by atoms with Crippen LogP contribution in [0, 0.1) is 0 Å². The summed E-state index contributed by atoms with van der Waals surface area (Å²) >= 11 is 0. The van der Waals surface area contributed by atoms with Crippen LogP contribution < -0.4 is 10.6 Å². The van der Waals surface area contributed by atoms with Crippen LogP contribution in [0.1, 0.15) is 0 Å². The molecule has 0 radical (unpaired) electrons. The fourth-order valence-corrected chi connectivity index (χ4v) is 4.26. The Labute approximate surface area is 198 Å². The molecule has 0 atom stereocenters. The van der Waals surface area contributed by atoms with Gasteiger partial charge in [-0.05, 0) is 59.7 Å². The molecule has 4 nitrogen and oxygen atoms in total. The number of anilines is 4. The normalized spacial score (nSPS) is 10.7. The summed E-state index contributed by atoms with van der Waals surface area (Å²) in [5, 5.41) is 22.0. The Bertz CT molecular complexity index is 1330. The first-order valence-corrected chi connectivity index (χ1v) is 11.0. The van der Waals surface area contributed by atoms with E-state index in [1.807, 2.05) is 114 Å². The highest BCUT2D eigenvalue weighted by Crippen LogP contribution is 2.49. The minimum Gasteiger partial charge on any atom is -0.507 e. The molecule has 4 N–H and O–H groups in total. The van der Waals surface area contributed by atoms with E-state index < -0.39 is 0 Å². The van der Waals surface area contributed by atoms with Crippen molar-refractivity contribution in [2.24, 2.45) is 0 Å². The molecule has 34 heavy (non-hydrogen) atoms. The van der Waals surface area contributed by atoms with Crippen LogP contribution in [0.15, 0.2) is 121 Å². The predicted molar refractivity (Wildman–Crippen MR) is 140 cm³/mol. The Morgan fingerprint density at radius 1 is 0.471 bits per heavy atom. The predicted octanol–water partition coefficient (Wildman–Crippen LogP) is 7.48. The van der Waals surface area contributed by atoms with Crippen molar-refractivity contribution in [3.63, 3.8) is 0 Å². The summed E-state index contributed by atoms with van der Waals surface area (Å²) in [5.74, 6) is 0.344. The Balaban J connectivity index is 1.83. The van der Waals surface area contributed by atoms with E-state index in [1.54, 1.807) is 12.1 Å². The van der Waals surface area contributed by atoms with Crippen LogP contribution in [0.25, 0.3) is 22.3 Å². The second kappa shape index (κ2) is 9.04. The first-order valence-electron chi connectivity index (χ1n) is 11.0. The van der Waals surface area contributed by atoms with E-state index in [-0.39, 0.29) is 11.5 Å². The molecule has 5 aromatic carbocycles. The van der Waals surface area contributed by atoms with E-state index in [4.69, 9.17) is 5.73 Å². The maximum atomic E-state index is 11.0. The van der Waals surface area contributed by atoms with Crippen LogP contribution in [-0.4, -0.2) is 10.2 Å². The zero-order valence-electron chi connectivity index (χ0n) is 18.5. The zero-order chi connectivity index (χ0) is 23.5. The van der Waals surface area contributed by atoms with Gasteiger partial charge >= 0.3 is 0 Å². The molecule has 0 aliphatic rings. The molecular formula is C30H24N2O2. The molecule has 5 rings (SSSR count). The molecular weight excluding hydrogens is 420 g/mol. The number of phenols is 2. The maximum absolute atomic E-state index is 11.0. The average Bonchev–Trinajstić information content (AvgIpc) is 2.87. The van der Waals surface area contributed by atoms with Gasteiger partial charge in [-0.2, -0.15) is 0 Å². The SMILES string of the molecule is Nc1ccc(N(c2cccc(O)c2-c2ccccc2)c2cccc(O)c2-c2ccccc2)cc1. The lowest BCUT2D eigenvalue weighted by Gasteiger charge is -2.30. The summed E-state index contributed by atoms with van der Waals surface area (Å²) in [6, 6.07) is 38.1. The van der Waals surface area contributed by atoms with E-state index in [0.717, 1.165) is 28.2 Å². The molecule has 166 valence electrons. The Morgan fingerprint density at radius 3 is 1.35 bits per heavy atom. The van der Waals surface area contributed by atoms with Crippen LogP contribution in [0.5, 0.6) is 11.5 Å². The van der Waals surface area contributed by atoms with Crippen molar-refractivity contribution in [2.75, 3.05) is 10.6 Å². The van der Waals surface area contributed by atoms with Crippen LogP contribution in [0.2, 0.25) is 0 Å². The van der Waals surface area contributed by atoms with Crippen molar-refractivity contribution in [3.8, 4) is 33.8 Å². The van der Waals surface area contributed by atoms with Gasteiger partial charge in [0.1, 0.15) is 11.5 Å². The molecule has 0 fully saturated rings. The summed E-state index contributed by atoms with van der Waals surface area (Å²) in [6.07, 6.45) is 0. The Kier molecular flexibility index (Phi) is 5.63. The van der Waals surface area contributed by atoms with E-state index in [2.05, 4.69) is 0 Å². The number of hydrogen-bond acceptors (Lipinski definition) is 4. The summed E-state index contributed by atoms with van der Waals surface area (Å²) in [4.78, 5) is 2.05. The van der Waals surface area contributed by atoms with Gasteiger partial charge in [0.15, 0.2) is 0 Å². The molecule has 0 bridgehead atoms. The van der Waals surface area contributed by atoms with Gasteiger partial charge in [0.05, 0.1) is 11.4 Å². The number of nitrogens with zero attached hydrogens (tertiary/aromatic N) is 1. The molecule has 0 unspecified atom stereocenters. The largest absolute Gasteiger partial charge is 0.507 e. The number of nitrogen functional groups attached to an aromatic ring is 1. The topological polar surface area (TPSA) is 69.7 Å². The minimum absolute atomic E-state index is 0.172. The molecule has 0 saturated heterocycles. The van der Waals surface area contributed by atoms with Crippen LogP contribution >= 0.6 is 0 Å². The first-order chi connectivity index (χ1) is 16.6. The van der Waals surface area contributed by atoms with Crippen molar-refractivity contribution in [3.05, 3.63) is 121 Å². The Morgan fingerprint density at radius 2 is 0.912 bits per heavy atom. The highest BCUT2D eigenvalue weighted by molar-refractivity contribution is 5.96. The lowest BCUT2D eigenvalue weighted by molar-refractivity contribution is 0.477. The lowest BCUT2D eigenvalue weighted by atomic mass is 9.97. The Hall–Kier alpha value is -4.70. The maximum Gasteiger partial charge on any atom is 0.125 e. The number of phenolic OH excluding ortho intramolecular Hbond substituents is 2. The van der Waals surface area contributed by atoms with Crippen molar-refractivity contribution in [2.45, 2.75) is 0 Å². The summed E-state index contributed by atoms with van der Waals surface area (Å²) in [7, 11) is 0. The fourth-order valence-electron chi connectivity index (χ4n) is 4.26. The van der Waals surface area contributed by atoms with Crippen LogP contribution in [-0.2, 0) is 0 Å². The monoisotopic (exact) mass is 444 g/mol. The molecule has 5 aromatic rings. The van der Waals surface area contributed by atoms with Crippen molar-refractivity contribution < 1.29 is 10.2 Å². The molecule has 0 aliphatic carbocycles. The molecule has 0 aliphatic heterocycles. The molecule has 0 aromatic heterocycles. The van der Waals surface area contributed by atoms with Gasteiger partial charge in [-0.3, -0.25) is 0 Å². The molecule has 0 amide bonds. The van der Waals surface area contributed by atoms with Crippen LogP contribution in [0.3, 0.4) is 0 Å². The van der Waals surface area contributed by atoms with E-state index in [1.165, 1.54) is 0 Å². The lowest BCUT2D eigenvalue weighted by Crippen LogP contribution is -2.12. The first kappa shape index (κ1) is 21.2. The van der Waals surface area contributed by atoms with Gasteiger partial charge in [0.2, 0.25) is 0 Å². The smallest absolute Gasteiger partial charge is 0.125 e. The van der Waals surface area contributed by atoms with E-state index in [9.17, 15) is 10.2 Å². The number of rotatable bonds is 5. The van der Waals surface area contributed by atoms with Gasteiger partial charge in [-0.15, -0.1) is 0 Å². The second-order valence-electron chi connectivity index (χ2n) is 8.00. The third-order valence-corrected chi connectivity index (χ3v) is 5.80. The van der Waals surface area contributed by atoms with Crippen molar-refractivity contribution in [1.29, 1.82) is 0 Å². The van der Waals surface area contributed by atoms with Crippen molar-refractivity contribution in [1.82, 2.24) is 0 Å². The highest BCUT2D eigenvalue weighted by atomic mass is 16.3. The number of hydrogen-bond donors (Lipinski definition) is 3. The third-order valence-electron chi connectivity index (χ3n) is 5.80. The van der Waals surface area contributed by atoms with Gasteiger partial charge in [-0.25, -0.2) is 0 Å². The number of benzene rings is 5. The number of aromatic hydroxyl groups is 2. The molecule has 0 saturated carbocycles. The molecule has 0 spiro atoms. The molecule has 4 heteroatoms. The number of nitrogens with two attached hydrogens (primary N) is 1. The average molecular weight is 445 g/mol. The molecule has 0 heterocycles. The zero-order valence-corrected chi connectivity index (χ0v) is 18.5. The quantitative estimate of drug-likeness (QED) is 0.246. The minimum atomic E-state index is 0.172. The standard InChI is InChI=1S/C30H24N2O2/c31-23-17-19-24(20-18-23)32(25-13-7-15-27(33)29(25)21-9-3-1-4-10-21)26-14-8-16-28(34)30(26)22-11-5-2-6-12-22/h1-20,33-34H,31H2. The summed E-state index contributed by atoms with van der Waals surface area (Å²) < 4.78 is 0. The third kappa shape index (κ3) is 3.93. The van der Waals surface area contributed by atoms with E-state index in [0.29, 0.717) is 16.8 Å². The van der Waals surface area contributed by atoms with Gasteiger partial charge < -0.3 is 20.8 Å². The van der Waals surface area contributed by atoms with Gasteiger partial charge in [0, 0.05) is 22.5 Å². The van der Waals surface area contributed by atoms with Crippen LogP contribution in [0.4, 0.5) is 22.7 Å². The highest BCUT2D eigenvalue weighted by Gasteiger charge is 2.23. The van der Waals surface area contributed by atoms with Gasteiger partial charge in [-0.1, -0.05) is 72.8 Å².